The molecule has 1 fully saturated rings. The van der Waals surface area contributed by atoms with Crippen LogP contribution in [0.15, 0.2) is 18.2 Å². The quantitative estimate of drug-likeness (QED) is 0.477. The van der Waals surface area contributed by atoms with Gasteiger partial charge in [-0.25, -0.2) is 4.79 Å². The Morgan fingerprint density at radius 3 is 2.87 bits per heavy atom. The molecule has 1 aliphatic rings. The van der Waals surface area contributed by atoms with Gasteiger partial charge < -0.3 is 9.64 Å². The smallest absolute Gasteiger partial charge is 0.340 e. The lowest BCUT2D eigenvalue weighted by Crippen LogP contribution is -2.41. The van der Waals surface area contributed by atoms with Crippen LogP contribution in [0.1, 0.15) is 30.1 Å². The molecule has 0 bridgehead atoms. The molecule has 1 aromatic rings. The van der Waals surface area contributed by atoms with Crippen molar-refractivity contribution in [3.63, 3.8) is 0 Å². The molecule has 7 nitrogen and oxygen atoms in total. The van der Waals surface area contributed by atoms with Gasteiger partial charge in [-0.1, -0.05) is 18.5 Å². The molecule has 0 saturated carbocycles. The molecule has 0 N–H and O–H groups in total. The highest BCUT2D eigenvalue weighted by atomic mass is 35.5. The molecule has 1 aromatic carbocycles. The number of ether oxygens (including phenoxy) is 1. The summed E-state index contributed by atoms with van der Waals surface area (Å²) in [6.07, 6.45) is 2.00. The minimum atomic E-state index is -0.850. The van der Waals surface area contributed by atoms with Gasteiger partial charge in [-0.3, -0.25) is 14.9 Å². The Kier molecular flexibility index (Phi) is 5.54. The summed E-state index contributed by atoms with van der Waals surface area (Å²) in [5.41, 5.74) is -0.391. The third-order valence-electron chi connectivity index (χ3n) is 3.72. The van der Waals surface area contributed by atoms with Gasteiger partial charge in [0, 0.05) is 25.2 Å². The number of hydrogen-bond donors (Lipinski definition) is 0. The van der Waals surface area contributed by atoms with Gasteiger partial charge in [-0.05, 0) is 24.8 Å². The predicted octanol–water partition coefficient (Wildman–Crippen LogP) is 2.66. The minimum Gasteiger partial charge on any atom is -0.452 e. The second-order valence-electron chi connectivity index (χ2n) is 5.58. The third kappa shape index (κ3) is 4.41. The lowest BCUT2D eigenvalue weighted by Gasteiger charge is -2.30. The Hall–Kier alpha value is -2.15. The number of nitrogens with zero attached hydrogens (tertiary/aromatic N) is 2. The van der Waals surface area contributed by atoms with E-state index in [-0.39, 0.29) is 22.2 Å². The largest absolute Gasteiger partial charge is 0.452 e. The van der Waals surface area contributed by atoms with E-state index in [4.69, 9.17) is 16.3 Å². The summed E-state index contributed by atoms with van der Waals surface area (Å²) in [5, 5.41) is 10.8. The standard InChI is InChI=1S/C15H17ClN2O5/c1-10-3-2-6-17(8-10)14(19)9-23-15(20)12-7-11(18(21)22)4-5-13(12)16/h4-5,7,10H,2-3,6,8-9H2,1H3. The molecule has 1 amide bonds. The maximum Gasteiger partial charge on any atom is 0.340 e. The van der Waals surface area contributed by atoms with E-state index in [1.165, 1.54) is 12.1 Å². The van der Waals surface area contributed by atoms with Crippen molar-refractivity contribution in [2.75, 3.05) is 19.7 Å². The molecule has 1 atom stereocenters. The lowest BCUT2D eigenvalue weighted by molar-refractivity contribution is -0.384. The monoisotopic (exact) mass is 340 g/mol. The average Bonchev–Trinajstić information content (AvgIpc) is 2.52. The van der Waals surface area contributed by atoms with Crippen molar-refractivity contribution in [1.29, 1.82) is 0 Å². The molecule has 1 saturated heterocycles. The summed E-state index contributed by atoms with van der Waals surface area (Å²) in [7, 11) is 0. The molecule has 0 aromatic heterocycles. The molecule has 8 heteroatoms. The van der Waals surface area contributed by atoms with Crippen LogP contribution in [0, 0.1) is 16.0 Å². The van der Waals surface area contributed by atoms with Crippen LogP contribution in [0.3, 0.4) is 0 Å². The van der Waals surface area contributed by atoms with Crippen LogP contribution in [-0.2, 0) is 9.53 Å². The number of nitro benzene ring substituents is 1. The Labute approximate surface area is 138 Å². The molecule has 1 aliphatic heterocycles. The van der Waals surface area contributed by atoms with Gasteiger partial charge in [-0.2, -0.15) is 0 Å². The third-order valence-corrected chi connectivity index (χ3v) is 4.05. The average molecular weight is 341 g/mol. The highest BCUT2D eigenvalue weighted by molar-refractivity contribution is 6.33. The number of carbonyl (C=O) groups excluding carboxylic acids is 2. The number of carbonyl (C=O) groups is 2. The van der Waals surface area contributed by atoms with E-state index in [0.717, 1.165) is 18.9 Å². The van der Waals surface area contributed by atoms with Crippen LogP contribution in [0.5, 0.6) is 0 Å². The first-order chi connectivity index (χ1) is 10.9. The Morgan fingerprint density at radius 2 is 2.22 bits per heavy atom. The fraction of sp³-hybridized carbons (Fsp3) is 0.467. The van der Waals surface area contributed by atoms with E-state index >= 15 is 0 Å². The first-order valence-electron chi connectivity index (χ1n) is 7.27. The maximum atomic E-state index is 12.0. The van der Waals surface area contributed by atoms with Crippen molar-refractivity contribution in [3.05, 3.63) is 38.9 Å². The Bertz CT molecular complexity index is 634. The number of benzene rings is 1. The molecule has 0 spiro atoms. The second-order valence-corrected chi connectivity index (χ2v) is 5.99. The van der Waals surface area contributed by atoms with Crippen LogP contribution in [0.25, 0.3) is 0 Å². The van der Waals surface area contributed by atoms with Gasteiger partial charge in [0.25, 0.3) is 11.6 Å². The molecule has 0 aliphatic carbocycles. The van der Waals surface area contributed by atoms with Crippen molar-refractivity contribution in [2.24, 2.45) is 5.92 Å². The number of amides is 1. The highest BCUT2D eigenvalue weighted by Crippen LogP contribution is 2.23. The van der Waals surface area contributed by atoms with E-state index in [0.29, 0.717) is 19.0 Å². The molecule has 0 radical (unpaired) electrons. The van der Waals surface area contributed by atoms with Crippen molar-refractivity contribution < 1.29 is 19.2 Å². The molecule has 23 heavy (non-hydrogen) atoms. The van der Waals surface area contributed by atoms with Crippen LogP contribution < -0.4 is 0 Å². The first kappa shape index (κ1) is 17.2. The summed E-state index contributed by atoms with van der Waals surface area (Å²) < 4.78 is 4.96. The van der Waals surface area contributed by atoms with E-state index < -0.39 is 17.5 Å². The zero-order valence-corrected chi connectivity index (χ0v) is 13.4. The molecule has 2 rings (SSSR count). The molecular weight excluding hydrogens is 324 g/mol. The Balaban J connectivity index is 1.98. The van der Waals surface area contributed by atoms with E-state index in [2.05, 4.69) is 6.92 Å². The number of non-ortho nitro benzene ring substituents is 1. The van der Waals surface area contributed by atoms with Crippen LogP contribution in [0.4, 0.5) is 5.69 Å². The number of hydrogen-bond acceptors (Lipinski definition) is 5. The second kappa shape index (κ2) is 7.41. The summed E-state index contributed by atoms with van der Waals surface area (Å²) in [5.74, 6) is -0.696. The summed E-state index contributed by atoms with van der Waals surface area (Å²) in [6, 6.07) is 3.49. The molecule has 124 valence electrons. The van der Waals surface area contributed by atoms with E-state index in [9.17, 15) is 19.7 Å². The number of esters is 1. The number of nitro groups is 1. The first-order valence-corrected chi connectivity index (χ1v) is 7.65. The zero-order valence-electron chi connectivity index (χ0n) is 12.7. The topological polar surface area (TPSA) is 89.8 Å². The summed E-state index contributed by atoms with van der Waals surface area (Å²) >= 11 is 5.86. The molecular formula is C15H17ClN2O5. The zero-order chi connectivity index (χ0) is 17.0. The van der Waals surface area contributed by atoms with Crippen molar-refractivity contribution in [3.8, 4) is 0 Å². The van der Waals surface area contributed by atoms with Gasteiger partial charge in [0.1, 0.15) is 0 Å². The molecule has 1 unspecified atom stereocenters. The number of piperidine rings is 1. The predicted molar refractivity (Wildman–Crippen MR) is 83.4 cm³/mol. The van der Waals surface area contributed by atoms with Gasteiger partial charge >= 0.3 is 5.97 Å². The minimum absolute atomic E-state index is 0.0413. The fourth-order valence-corrected chi connectivity index (χ4v) is 2.69. The van der Waals surface area contributed by atoms with Crippen LogP contribution >= 0.6 is 11.6 Å². The highest BCUT2D eigenvalue weighted by Gasteiger charge is 2.23. The summed E-state index contributed by atoms with van der Waals surface area (Å²) in [6.45, 7) is 2.96. The van der Waals surface area contributed by atoms with Crippen LogP contribution in [-0.4, -0.2) is 41.4 Å². The lowest BCUT2D eigenvalue weighted by atomic mass is 10.0. The van der Waals surface area contributed by atoms with E-state index in [1.54, 1.807) is 4.90 Å². The van der Waals surface area contributed by atoms with Crippen molar-refractivity contribution in [2.45, 2.75) is 19.8 Å². The summed E-state index contributed by atoms with van der Waals surface area (Å²) in [4.78, 5) is 35.8. The SMILES string of the molecule is CC1CCCN(C(=O)COC(=O)c2cc([N+](=O)[O-])ccc2Cl)C1. The Morgan fingerprint density at radius 1 is 1.48 bits per heavy atom. The number of likely N-dealkylation sites (tertiary alicyclic amines) is 1. The maximum absolute atomic E-state index is 12.0. The number of rotatable bonds is 4. The van der Waals surface area contributed by atoms with Crippen LogP contribution in [0.2, 0.25) is 5.02 Å². The normalized spacial score (nSPS) is 17.7. The van der Waals surface area contributed by atoms with E-state index in [1.807, 2.05) is 0 Å². The number of halogens is 1. The van der Waals surface area contributed by atoms with Crippen molar-refractivity contribution in [1.82, 2.24) is 4.90 Å². The van der Waals surface area contributed by atoms with Crippen molar-refractivity contribution >= 4 is 29.2 Å². The van der Waals surface area contributed by atoms with Gasteiger partial charge in [0.2, 0.25) is 0 Å². The van der Waals surface area contributed by atoms with Gasteiger partial charge in [0.05, 0.1) is 15.5 Å². The van der Waals surface area contributed by atoms with Gasteiger partial charge in [0.15, 0.2) is 6.61 Å². The molecule has 1 heterocycles. The van der Waals surface area contributed by atoms with Gasteiger partial charge in [-0.15, -0.1) is 0 Å². The fourth-order valence-electron chi connectivity index (χ4n) is 2.50.